The van der Waals surface area contributed by atoms with E-state index in [1.807, 2.05) is 19.1 Å². The van der Waals surface area contributed by atoms with Crippen LogP contribution in [0, 0.1) is 0 Å². The van der Waals surface area contributed by atoms with Crippen LogP contribution in [-0.2, 0) is 4.74 Å². The summed E-state index contributed by atoms with van der Waals surface area (Å²) < 4.78 is 16.4. The van der Waals surface area contributed by atoms with Gasteiger partial charge in [-0.2, -0.15) is 0 Å². The molecule has 2 aromatic rings. The highest BCUT2D eigenvalue weighted by atomic mass is 16.9. The van der Waals surface area contributed by atoms with Gasteiger partial charge >= 0.3 is 12.1 Å². The fourth-order valence-corrected chi connectivity index (χ4v) is 1.99. The first kappa shape index (κ1) is 15.7. The Morgan fingerprint density at radius 1 is 0.955 bits per heavy atom. The zero-order valence-corrected chi connectivity index (χ0v) is 12.3. The zero-order valence-electron chi connectivity index (χ0n) is 12.3. The predicted octanol–water partition coefficient (Wildman–Crippen LogP) is 4.29. The third-order valence-electron chi connectivity index (χ3n) is 2.83. The summed E-state index contributed by atoms with van der Waals surface area (Å²) in [5.41, 5.74) is 0. The maximum atomic E-state index is 11.1. The molecule has 0 heterocycles. The summed E-state index contributed by atoms with van der Waals surface area (Å²) in [7, 11) is 0. The van der Waals surface area contributed by atoms with Crippen LogP contribution in [0.25, 0.3) is 0 Å². The molecule has 0 bridgehead atoms. The van der Waals surface area contributed by atoms with Gasteiger partial charge in [-0.05, 0) is 30.7 Å². The monoisotopic (exact) mass is 302 g/mol. The van der Waals surface area contributed by atoms with Gasteiger partial charge in [0.1, 0.15) is 11.5 Å². The molecule has 116 valence electrons. The largest absolute Gasteiger partial charge is 0.511 e. The van der Waals surface area contributed by atoms with Gasteiger partial charge in [0.15, 0.2) is 0 Å². The van der Waals surface area contributed by atoms with Crippen molar-refractivity contribution in [1.82, 2.24) is 0 Å². The second-order valence-corrected chi connectivity index (χ2v) is 4.63. The second kappa shape index (κ2) is 7.36. The zero-order chi connectivity index (χ0) is 15.8. The molecule has 0 aliphatic heterocycles. The van der Waals surface area contributed by atoms with Crippen molar-refractivity contribution in [3.05, 3.63) is 60.7 Å². The first-order valence-electron chi connectivity index (χ1n) is 7.03. The van der Waals surface area contributed by atoms with Crippen molar-refractivity contribution >= 4 is 6.16 Å². The van der Waals surface area contributed by atoms with Crippen LogP contribution >= 0.6 is 0 Å². The molecule has 0 atom stereocenters. The Hall–Kier alpha value is -2.69. The Bertz CT molecular complexity index is 541. The van der Waals surface area contributed by atoms with E-state index in [0.29, 0.717) is 17.9 Å². The van der Waals surface area contributed by atoms with Crippen molar-refractivity contribution in [2.24, 2.45) is 0 Å². The van der Waals surface area contributed by atoms with E-state index in [-0.39, 0.29) is 6.42 Å². The van der Waals surface area contributed by atoms with Crippen LogP contribution in [-0.4, -0.2) is 17.2 Å². The maximum Gasteiger partial charge on any atom is 0.511 e. The van der Waals surface area contributed by atoms with Gasteiger partial charge in [-0.3, -0.25) is 0 Å². The number of carboxylic acid groups (broad SMARTS) is 1. The number of benzene rings is 2. The van der Waals surface area contributed by atoms with Crippen LogP contribution in [0.5, 0.6) is 11.5 Å². The van der Waals surface area contributed by atoms with Gasteiger partial charge in [-0.1, -0.05) is 43.3 Å². The molecule has 2 aromatic carbocycles. The van der Waals surface area contributed by atoms with Crippen LogP contribution in [0.1, 0.15) is 19.8 Å². The van der Waals surface area contributed by atoms with Crippen molar-refractivity contribution in [2.75, 3.05) is 0 Å². The molecule has 0 fully saturated rings. The summed E-state index contributed by atoms with van der Waals surface area (Å²) in [6.07, 6.45) is -0.587. The molecule has 0 aliphatic carbocycles. The Morgan fingerprint density at radius 3 is 1.77 bits per heavy atom. The van der Waals surface area contributed by atoms with Gasteiger partial charge in [0.25, 0.3) is 0 Å². The fraction of sp³-hybridized carbons (Fsp3) is 0.235. The molecular formula is C17H18O5. The standard InChI is InChI=1S/C17H18O5/c1-2-13-17(22-16(18)19,20-14-9-5-3-6-10-14)21-15-11-7-4-8-12-15/h3-12H,2,13H2,1H3,(H,18,19). The summed E-state index contributed by atoms with van der Waals surface area (Å²) in [6.45, 7) is 1.89. The third-order valence-corrected chi connectivity index (χ3v) is 2.83. The quantitative estimate of drug-likeness (QED) is 0.610. The average Bonchev–Trinajstić information content (AvgIpc) is 2.48. The van der Waals surface area contributed by atoms with E-state index in [0.717, 1.165) is 0 Å². The van der Waals surface area contributed by atoms with Crippen LogP contribution in [0.4, 0.5) is 4.79 Å². The molecule has 1 N–H and O–H groups in total. The lowest BCUT2D eigenvalue weighted by Gasteiger charge is -2.31. The van der Waals surface area contributed by atoms with Gasteiger partial charge in [-0.25, -0.2) is 4.79 Å². The molecule has 0 radical (unpaired) electrons. The number of rotatable bonds is 7. The van der Waals surface area contributed by atoms with E-state index in [1.54, 1.807) is 48.5 Å². The molecule has 5 heteroatoms. The minimum atomic E-state index is -1.72. The van der Waals surface area contributed by atoms with Crippen molar-refractivity contribution in [1.29, 1.82) is 0 Å². The van der Waals surface area contributed by atoms with E-state index in [9.17, 15) is 4.79 Å². The molecule has 22 heavy (non-hydrogen) atoms. The lowest BCUT2D eigenvalue weighted by atomic mass is 10.2. The summed E-state index contributed by atoms with van der Waals surface area (Å²) in [5, 5.41) is 9.05. The van der Waals surface area contributed by atoms with Crippen LogP contribution < -0.4 is 9.47 Å². The summed E-state index contributed by atoms with van der Waals surface area (Å²) in [6, 6.07) is 17.7. The Labute approximate surface area is 129 Å². The van der Waals surface area contributed by atoms with Gasteiger partial charge in [0, 0.05) is 0 Å². The highest BCUT2D eigenvalue weighted by Gasteiger charge is 2.39. The molecule has 0 saturated heterocycles. The molecule has 5 nitrogen and oxygen atoms in total. The van der Waals surface area contributed by atoms with Crippen molar-refractivity contribution in [3.63, 3.8) is 0 Å². The Morgan fingerprint density at radius 2 is 1.41 bits per heavy atom. The van der Waals surface area contributed by atoms with Gasteiger partial charge in [0.05, 0.1) is 6.42 Å². The number of carbonyl (C=O) groups is 1. The Balaban J connectivity index is 2.30. The molecule has 0 aliphatic rings. The molecule has 0 amide bonds. The lowest BCUT2D eigenvalue weighted by molar-refractivity contribution is -0.279. The average molecular weight is 302 g/mol. The number of para-hydroxylation sites is 2. The predicted molar refractivity (Wildman–Crippen MR) is 80.9 cm³/mol. The van der Waals surface area contributed by atoms with Gasteiger partial charge in [-0.15, -0.1) is 0 Å². The van der Waals surface area contributed by atoms with Gasteiger partial charge < -0.3 is 19.3 Å². The highest BCUT2D eigenvalue weighted by molar-refractivity contribution is 5.57. The third kappa shape index (κ3) is 4.41. The van der Waals surface area contributed by atoms with Crippen LogP contribution in [0.15, 0.2) is 60.7 Å². The van der Waals surface area contributed by atoms with Gasteiger partial charge in [0.2, 0.25) is 0 Å². The van der Waals surface area contributed by atoms with Crippen molar-refractivity contribution < 1.29 is 24.1 Å². The highest BCUT2D eigenvalue weighted by Crippen LogP contribution is 2.28. The second-order valence-electron chi connectivity index (χ2n) is 4.63. The summed E-state index contributed by atoms with van der Waals surface area (Å²) >= 11 is 0. The Kier molecular flexibility index (Phi) is 5.25. The first-order chi connectivity index (χ1) is 10.6. The van der Waals surface area contributed by atoms with Crippen LogP contribution in [0.3, 0.4) is 0 Å². The summed E-state index contributed by atoms with van der Waals surface area (Å²) in [5.74, 6) is -0.787. The first-order valence-corrected chi connectivity index (χ1v) is 7.03. The van der Waals surface area contributed by atoms with Crippen molar-refractivity contribution in [2.45, 2.75) is 25.7 Å². The molecule has 0 unspecified atom stereocenters. The number of hydrogen-bond donors (Lipinski definition) is 1. The van der Waals surface area contributed by atoms with E-state index < -0.39 is 12.1 Å². The van der Waals surface area contributed by atoms with E-state index >= 15 is 0 Å². The molecule has 0 spiro atoms. The molecule has 0 saturated carbocycles. The number of ether oxygens (including phenoxy) is 3. The van der Waals surface area contributed by atoms with Crippen LogP contribution in [0.2, 0.25) is 0 Å². The van der Waals surface area contributed by atoms with E-state index in [1.165, 1.54) is 0 Å². The van der Waals surface area contributed by atoms with E-state index in [2.05, 4.69) is 0 Å². The van der Waals surface area contributed by atoms with E-state index in [4.69, 9.17) is 19.3 Å². The minimum Gasteiger partial charge on any atom is -0.450 e. The van der Waals surface area contributed by atoms with Crippen molar-refractivity contribution in [3.8, 4) is 11.5 Å². The normalized spacial score (nSPS) is 10.8. The minimum absolute atomic E-state index is 0.253. The smallest absolute Gasteiger partial charge is 0.450 e. The SMILES string of the molecule is CCCC(OC(=O)O)(Oc1ccccc1)Oc1ccccc1. The maximum absolute atomic E-state index is 11.1. The topological polar surface area (TPSA) is 65.0 Å². The molecule has 2 rings (SSSR count). The lowest BCUT2D eigenvalue weighted by Crippen LogP contribution is -2.46. The molecular weight excluding hydrogens is 284 g/mol. The number of hydrogen-bond acceptors (Lipinski definition) is 4. The molecule has 0 aromatic heterocycles. The fourth-order valence-electron chi connectivity index (χ4n) is 1.99. The summed E-state index contributed by atoms with van der Waals surface area (Å²) in [4.78, 5) is 11.1.